The van der Waals surface area contributed by atoms with Crippen LogP contribution >= 0.6 is 0 Å². The molecule has 0 N–H and O–H groups in total. The molecule has 0 saturated carbocycles. The molecule has 0 radical (unpaired) electrons. The number of aromatic nitrogens is 1. The van der Waals surface area contributed by atoms with Crippen LogP contribution in [0.1, 0.15) is 50.2 Å². The molecule has 1 atom stereocenters. The summed E-state index contributed by atoms with van der Waals surface area (Å²) in [6, 6.07) is 3.75. The summed E-state index contributed by atoms with van der Waals surface area (Å²) in [4.78, 5) is 16.1. The van der Waals surface area contributed by atoms with Crippen LogP contribution < -0.4 is 0 Å². The molecule has 0 bridgehead atoms. The minimum absolute atomic E-state index is 0.174. The molecule has 88 valence electrons. The molecule has 0 saturated heterocycles. The number of Topliss-reactive ketones (excluding diaryl/α,β-unsaturated/α-hetero) is 1. The molecule has 0 amide bonds. The molecule has 0 fully saturated rings. The van der Waals surface area contributed by atoms with Crippen LogP contribution in [0.3, 0.4) is 0 Å². The minimum Gasteiger partial charge on any atom is -0.294 e. The predicted molar refractivity (Wildman–Crippen MR) is 66.5 cm³/mol. The van der Waals surface area contributed by atoms with Gasteiger partial charge in [-0.3, -0.25) is 9.78 Å². The summed E-state index contributed by atoms with van der Waals surface area (Å²) >= 11 is 0. The highest BCUT2D eigenvalue weighted by molar-refractivity contribution is 5.95. The third-order valence-corrected chi connectivity index (χ3v) is 3.20. The number of ketones is 1. The largest absolute Gasteiger partial charge is 0.294 e. The highest BCUT2D eigenvalue weighted by atomic mass is 16.1. The fourth-order valence-electron chi connectivity index (χ4n) is 1.33. The first-order valence-corrected chi connectivity index (χ1v) is 5.76. The monoisotopic (exact) mass is 219 g/mol. The summed E-state index contributed by atoms with van der Waals surface area (Å²) in [6.07, 6.45) is 2.27. The van der Waals surface area contributed by atoms with Crippen molar-refractivity contribution < 1.29 is 4.79 Å². The van der Waals surface area contributed by atoms with Crippen molar-refractivity contribution in [1.29, 1.82) is 0 Å². The molecule has 1 heterocycles. The lowest BCUT2D eigenvalue weighted by molar-refractivity contribution is 0.0927. The Morgan fingerprint density at radius 1 is 1.38 bits per heavy atom. The van der Waals surface area contributed by atoms with Crippen LogP contribution in [0.4, 0.5) is 0 Å². The highest BCUT2D eigenvalue weighted by Crippen LogP contribution is 2.29. The second kappa shape index (κ2) is 4.77. The molecule has 1 unspecified atom stereocenters. The van der Waals surface area contributed by atoms with Gasteiger partial charge in [-0.25, -0.2) is 0 Å². The van der Waals surface area contributed by atoms with Crippen molar-refractivity contribution >= 4 is 5.78 Å². The van der Waals surface area contributed by atoms with Gasteiger partial charge in [0.1, 0.15) is 0 Å². The van der Waals surface area contributed by atoms with E-state index in [1.54, 1.807) is 6.20 Å². The van der Waals surface area contributed by atoms with Crippen LogP contribution in [0.2, 0.25) is 0 Å². The van der Waals surface area contributed by atoms with E-state index in [1.807, 2.05) is 19.1 Å². The molecule has 2 nitrogen and oxygen atoms in total. The van der Waals surface area contributed by atoms with E-state index in [2.05, 4.69) is 32.7 Å². The third kappa shape index (κ3) is 3.44. The van der Waals surface area contributed by atoms with Crippen LogP contribution in [-0.2, 0) is 0 Å². The van der Waals surface area contributed by atoms with Crippen LogP contribution in [0.5, 0.6) is 0 Å². The van der Waals surface area contributed by atoms with Crippen LogP contribution in [0, 0.1) is 18.3 Å². The van der Waals surface area contributed by atoms with Gasteiger partial charge in [-0.15, -0.1) is 0 Å². The molecule has 0 aliphatic carbocycles. The van der Waals surface area contributed by atoms with E-state index in [0.717, 1.165) is 11.3 Å². The molecule has 0 aromatic carbocycles. The van der Waals surface area contributed by atoms with Gasteiger partial charge in [0.2, 0.25) is 0 Å². The minimum atomic E-state index is 0.174. The van der Waals surface area contributed by atoms with Gasteiger partial charge < -0.3 is 0 Å². The quantitative estimate of drug-likeness (QED) is 0.726. The van der Waals surface area contributed by atoms with Gasteiger partial charge in [-0.1, -0.05) is 27.7 Å². The van der Waals surface area contributed by atoms with E-state index in [4.69, 9.17) is 0 Å². The topological polar surface area (TPSA) is 30.0 Å². The van der Waals surface area contributed by atoms with Crippen molar-refractivity contribution in [3.05, 3.63) is 29.6 Å². The Morgan fingerprint density at radius 2 is 2.00 bits per heavy atom. The summed E-state index contributed by atoms with van der Waals surface area (Å²) < 4.78 is 0. The van der Waals surface area contributed by atoms with E-state index in [9.17, 15) is 4.79 Å². The number of carbonyl (C=O) groups is 1. The van der Waals surface area contributed by atoms with Crippen LogP contribution in [0.15, 0.2) is 18.3 Å². The molecule has 16 heavy (non-hydrogen) atoms. The van der Waals surface area contributed by atoms with Gasteiger partial charge in [0.15, 0.2) is 5.78 Å². The Labute approximate surface area is 98.1 Å². The fraction of sp³-hybridized carbons (Fsp3) is 0.571. The van der Waals surface area contributed by atoms with E-state index in [0.29, 0.717) is 12.3 Å². The Balaban J connectivity index is 2.70. The standard InChI is InChI=1S/C14H21NO/c1-10(14(3,4)5)8-13(16)12-7-6-11(2)15-9-12/h6-7,9-10H,8H2,1-5H3. The average Bonchev–Trinajstić information content (AvgIpc) is 2.17. The second-order valence-corrected chi connectivity index (χ2v) is 5.58. The zero-order chi connectivity index (χ0) is 12.3. The maximum absolute atomic E-state index is 12.0. The second-order valence-electron chi connectivity index (χ2n) is 5.58. The van der Waals surface area contributed by atoms with Gasteiger partial charge in [0.05, 0.1) is 0 Å². The first kappa shape index (κ1) is 12.9. The molecular formula is C14H21NO. The Morgan fingerprint density at radius 3 is 2.44 bits per heavy atom. The van der Waals surface area contributed by atoms with Crippen molar-refractivity contribution in [2.24, 2.45) is 11.3 Å². The summed E-state index contributed by atoms with van der Waals surface area (Å²) in [6.45, 7) is 10.5. The summed E-state index contributed by atoms with van der Waals surface area (Å²) in [5, 5.41) is 0. The zero-order valence-corrected chi connectivity index (χ0v) is 10.9. The number of hydrogen-bond acceptors (Lipinski definition) is 2. The molecule has 1 aromatic heterocycles. The van der Waals surface area contributed by atoms with Crippen molar-refractivity contribution in [1.82, 2.24) is 4.98 Å². The SMILES string of the molecule is Cc1ccc(C(=O)CC(C)C(C)(C)C)cn1. The van der Waals surface area contributed by atoms with Gasteiger partial charge >= 0.3 is 0 Å². The van der Waals surface area contributed by atoms with E-state index in [1.165, 1.54) is 0 Å². The Hall–Kier alpha value is -1.18. The smallest absolute Gasteiger partial charge is 0.164 e. The number of hydrogen-bond donors (Lipinski definition) is 0. The fourth-order valence-corrected chi connectivity index (χ4v) is 1.33. The van der Waals surface area contributed by atoms with E-state index in [-0.39, 0.29) is 11.2 Å². The number of rotatable bonds is 3. The number of aryl methyl sites for hydroxylation is 1. The maximum Gasteiger partial charge on any atom is 0.164 e. The molecule has 1 rings (SSSR count). The normalized spacial score (nSPS) is 13.6. The van der Waals surface area contributed by atoms with Crippen LogP contribution in [0.25, 0.3) is 0 Å². The molecule has 2 heteroatoms. The van der Waals surface area contributed by atoms with E-state index < -0.39 is 0 Å². The van der Waals surface area contributed by atoms with Gasteiger partial charge in [0, 0.05) is 23.9 Å². The molecule has 0 aliphatic rings. The number of pyridine rings is 1. The molecular weight excluding hydrogens is 198 g/mol. The van der Waals surface area contributed by atoms with E-state index >= 15 is 0 Å². The van der Waals surface area contributed by atoms with Gasteiger partial charge in [-0.05, 0) is 30.4 Å². The van der Waals surface area contributed by atoms with Crippen molar-refractivity contribution in [3.63, 3.8) is 0 Å². The summed E-state index contributed by atoms with van der Waals surface area (Å²) in [5.41, 5.74) is 1.84. The Kier molecular flexibility index (Phi) is 3.84. The molecule has 1 aromatic rings. The lowest BCUT2D eigenvalue weighted by Crippen LogP contribution is -2.20. The molecule has 0 spiro atoms. The lowest BCUT2D eigenvalue weighted by Gasteiger charge is -2.26. The van der Waals surface area contributed by atoms with Crippen molar-refractivity contribution in [2.75, 3.05) is 0 Å². The number of nitrogens with zero attached hydrogens (tertiary/aromatic N) is 1. The maximum atomic E-state index is 12.0. The van der Waals surface area contributed by atoms with Gasteiger partial charge in [0.25, 0.3) is 0 Å². The zero-order valence-electron chi connectivity index (χ0n) is 10.9. The summed E-state index contributed by atoms with van der Waals surface area (Å²) in [7, 11) is 0. The van der Waals surface area contributed by atoms with Crippen LogP contribution in [-0.4, -0.2) is 10.8 Å². The first-order chi connectivity index (χ1) is 7.30. The highest BCUT2D eigenvalue weighted by Gasteiger charge is 2.23. The predicted octanol–water partition coefficient (Wildman–Crippen LogP) is 3.65. The third-order valence-electron chi connectivity index (χ3n) is 3.20. The average molecular weight is 219 g/mol. The Bertz CT molecular complexity index is 359. The first-order valence-electron chi connectivity index (χ1n) is 5.76. The summed E-state index contributed by atoms with van der Waals surface area (Å²) in [5.74, 6) is 0.566. The van der Waals surface area contributed by atoms with Gasteiger partial charge in [-0.2, -0.15) is 0 Å². The molecule has 0 aliphatic heterocycles. The lowest BCUT2D eigenvalue weighted by atomic mass is 9.79. The number of carbonyl (C=O) groups excluding carboxylic acids is 1. The van der Waals surface area contributed by atoms with Crippen molar-refractivity contribution in [2.45, 2.75) is 41.0 Å². The van der Waals surface area contributed by atoms with Crippen molar-refractivity contribution in [3.8, 4) is 0 Å².